The topological polar surface area (TPSA) is 59.3 Å². The van der Waals surface area contributed by atoms with Gasteiger partial charge >= 0.3 is 0 Å². The van der Waals surface area contributed by atoms with Crippen LogP contribution < -0.4 is 5.56 Å². The Morgan fingerprint density at radius 3 is 2.56 bits per heavy atom. The van der Waals surface area contributed by atoms with Crippen molar-refractivity contribution in [3.8, 4) is 11.1 Å². The van der Waals surface area contributed by atoms with E-state index in [4.69, 9.17) is 0 Å². The zero-order valence-electron chi connectivity index (χ0n) is 14.8. The molecule has 4 nitrogen and oxygen atoms in total. The van der Waals surface area contributed by atoms with Crippen molar-refractivity contribution in [1.82, 2.24) is 4.57 Å². The lowest BCUT2D eigenvalue weighted by Gasteiger charge is -2.32. The lowest BCUT2D eigenvalue weighted by molar-refractivity contribution is -0.142. The van der Waals surface area contributed by atoms with Crippen LogP contribution in [0.1, 0.15) is 25.5 Å². The maximum atomic E-state index is 13.4. The van der Waals surface area contributed by atoms with Gasteiger partial charge in [-0.3, -0.25) is 14.2 Å². The van der Waals surface area contributed by atoms with E-state index in [0.717, 1.165) is 25.8 Å². The van der Waals surface area contributed by atoms with Crippen LogP contribution in [0.15, 0.2) is 53.3 Å². The number of benzene rings is 2. The summed E-state index contributed by atoms with van der Waals surface area (Å²) in [6.07, 6.45) is 0.979. The summed E-state index contributed by atoms with van der Waals surface area (Å²) in [6.45, 7) is 1.80. The molecule has 5 heteroatoms. The number of halogens is 1. The Kier molecular flexibility index (Phi) is 3.50. The summed E-state index contributed by atoms with van der Waals surface area (Å²) < 4.78 is 2.57. The van der Waals surface area contributed by atoms with Crippen molar-refractivity contribution in [2.45, 2.75) is 31.9 Å². The Labute approximate surface area is 170 Å². The zero-order chi connectivity index (χ0) is 19.0. The summed E-state index contributed by atoms with van der Waals surface area (Å²) in [5.41, 5.74) is 0.0916. The third-order valence-corrected chi connectivity index (χ3v) is 7.07. The molecule has 0 unspecified atom stereocenters. The second-order valence-electron chi connectivity index (χ2n) is 7.77. The van der Waals surface area contributed by atoms with Crippen LogP contribution in [0.4, 0.5) is 0 Å². The highest BCUT2D eigenvalue weighted by Gasteiger charge is 2.63. The molecule has 2 aromatic carbocycles. The molecule has 0 saturated heterocycles. The molecule has 0 spiro atoms. The molecular weight excluding hydrogens is 453 g/mol. The van der Waals surface area contributed by atoms with Crippen molar-refractivity contribution in [2.75, 3.05) is 0 Å². The highest BCUT2D eigenvalue weighted by molar-refractivity contribution is 14.1. The Morgan fingerprint density at radius 1 is 1.07 bits per heavy atom. The monoisotopic (exact) mass is 471 g/mol. The molecule has 1 aromatic heterocycles. The van der Waals surface area contributed by atoms with Crippen molar-refractivity contribution < 1.29 is 9.90 Å². The van der Waals surface area contributed by atoms with Crippen LogP contribution in [-0.2, 0) is 16.9 Å². The van der Waals surface area contributed by atoms with Crippen LogP contribution in [0.3, 0.4) is 0 Å². The summed E-state index contributed by atoms with van der Waals surface area (Å²) in [5, 5.41) is 13.0. The van der Waals surface area contributed by atoms with Gasteiger partial charge in [-0.15, -0.1) is 0 Å². The number of Topliss-reactive ketones (excluding diaryl/α,β-unsaturated/α-hetero) is 1. The fraction of sp³-hybridized carbons (Fsp3) is 0.273. The number of aromatic nitrogens is 1. The number of aliphatic hydroxyl groups is 1. The summed E-state index contributed by atoms with van der Waals surface area (Å²) in [4.78, 5) is 26.1. The van der Waals surface area contributed by atoms with Gasteiger partial charge < -0.3 is 5.11 Å². The maximum absolute atomic E-state index is 13.4. The van der Waals surface area contributed by atoms with Crippen molar-refractivity contribution in [2.24, 2.45) is 5.41 Å². The van der Waals surface area contributed by atoms with E-state index in [2.05, 4.69) is 22.6 Å². The molecule has 136 valence electrons. The van der Waals surface area contributed by atoms with E-state index in [1.807, 2.05) is 48.5 Å². The summed E-state index contributed by atoms with van der Waals surface area (Å²) in [5.74, 6) is 0.0331. The molecule has 2 aliphatic rings. The van der Waals surface area contributed by atoms with E-state index >= 15 is 0 Å². The predicted octanol–water partition coefficient (Wildman–Crippen LogP) is 3.84. The van der Waals surface area contributed by atoms with Crippen LogP contribution in [0, 0.1) is 8.99 Å². The molecule has 1 saturated carbocycles. The molecular formula is C22H18INO3. The zero-order valence-corrected chi connectivity index (χ0v) is 17.0. The number of fused-ring (bicyclic) bond motifs is 4. The van der Waals surface area contributed by atoms with E-state index in [0.29, 0.717) is 24.6 Å². The molecule has 2 atom stereocenters. The van der Waals surface area contributed by atoms with Crippen LogP contribution in [0.5, 0.6) is 0 Å². The quantitative estimate of drug-likeness (QED) is 0.549. The molecule has 0 bridgehead atoms. The minimum absolute atomic E-state index is 0.0331. The lowest BCUT2D eigenvalue weighted by Crippen LogP contribution is -2.47. The number of rotatable bonds is 1. The Balaban J connectivity index is 1.98. The first-order valence-electron chi connectivity index (χ1n) is 9.05. The number of ketones is 1. The number of hydrogen-bond acceptors (Lipinski definition) is 3. The van der Waals surface area contributed by atoms with Gasteiger partial charge in [-0.2, -0.15) is 0 Å². The molecule has 27 heavy (non-hydrogen) atoms. The fourth-order valence-electron chi connectivity index (χ4n) is 4.90. The van der Waals surface area contributed by atoms with Gasteiger partial charge in [-0.05, 0) is 58.7 Å². The highest BCUT2D eigenvalue weighted by atomic mass is 127. The van der Waals surface area contributed by atoms with Crippen LogP contribution in [0.25, 0.3) is 21.9 Å². The second kappa shape index (κ2) is 5.52. The lowest BCUT2D eigenvalue weighted by atomic mass is 9.79. The van der Waals surface area contributed by atoms with E-state index in [1.165, 1.54) is 4.57 Å². The first-order chi connectivity index (χ1) is 12.9. The second-order valence-corrected chi connectivity index (χ2v) is 9.01. The van der Waals surface area contributed by atoms with Gasteiger partial charge in [-0.25, -0.2) is 0 Å². The average molecular weight is 471 g/mol. The van der Waals surface area contributed by atoms with Crippen molar-refractivity contribution in [1.29, 1.82) is 0 Å². The van der Waals surface area contributed by atoms with Crippen LogP contribution in [-0.4, -0.2) is 15.5 Å². The third kappa shape index (κ3) is 2.07. The van der Waals surface area contributed by atoms with Gasteiger partial charge in [-0.1, -0.05) is 30.3 Å². The van der Waals surface area contributed by atoms with Crippen molar-refractivity contribution in [3.63, 3.8) is 0 Å². The summed E-state index contributed by atoms with van der Waals surface area (Å²) in [7, 11) is 0. The minimum atomic E-state index is -1.45. The smallest absolute Gasteiger partial charge is 0.261 e. The standard InChI is InChI=1S/C22H18INO3/c1-21-12-17-19(13-5-3-2-4-6-13)16-11-14(23)7-8-15(16)20(26)24(17)22(21,27)10-9-18(21)25/h2-8,11,27H,9-10,12H2,1H3/t21-,22-/m0/s1. The number of nitrogens with zero attached hydrogens (tertiary/aromatic N) is 1. The van der Waals surface area contributed by atoms with Crippen molar-refractivity contribution in [3.05, 3.63) is 68.1 Å². The third-order valence-electron chi connectivity index (χ3n) is 6.40. The molecule has 0 radical (unpaired) electrons. The Bertz CT molecular complexity index is 1180. The molecule has 0 amide bonds. The van der Waals surface area contributed by atoms with Crippen LogP contribution >= 0.6 is 22.6 Å². The number of pyridine rings is 1. The SMILES string of the molecule is C[C@@]12Cc3c(-c4ccccc4)c4cc(I)ccc4c(=O)n3[C@]1(O)CCC2=O. The first-order valence-corrected chi connectivity index (χ1v) is 10.1. The highest BCUT2D eigenvalue weighted by Crippen LogP contribution is 2.55. The van der Waals surface area contributed by atoms with E-state index in [9.17, 15) is 14.7 Å². The van der Waals surface area contributed by atoms with Gasteiger partial charge in [0.05, 0.1) is 5.41 Å². The van der Waals surface area contributed by atoms with E-state index in [1.54, 1.807) is 6.92 Å². The Hall–Kier alpha value is -1.99. The van der Waals surface area contributed by atoms with E-state index < -0.39 is 11.1 Å². The first kappa shape index (κ1) is 17.1. The van der Waals surface area contributed by atoms with Crippen molar-refractivity contribution >= 4 is 39.1 Å². The normalized spacial score (nSPS) is 26.4. The van der Waals surface area contributed by atoms with Gasteiger partial charge in [0.2, 0.25) is 0 Å². The summed E-state index contributed by atoms with van der Waals surface area (Å²) in [6, 6.07) is 15.7. The molecule has 5 rings (SSSR count). The fourth-order valence-corrected chi connectivity index (χ4v) is 5.39. The summed E-state index contributed by atoms with van der Waals surface area (Å²) >= 11 is 2.25. The number of carbonyl (C=O) groups is 1. The molecule has 1 aliphatic heterocycles. The largest absolute Gasteiger partial charge is 0.369 e. The van der Waals surface area contributed by atoms with Crippen LogP contribution in [0.2, 0.25) is 0 Å². The molecule has 1 aliphatic carbocycles. The molecule has 1 N–H and O–H groups in total. The van der Waals surface area contributed by atoms with E-state index in [-0.39, 0.29) is 11.3 Å². The predicted molar refractivity (Wildman–Crippen MR) is 113 cm³/mol. The molecule has 2 heterocycles. The average Bonchev–Trinajstić information content (AvgIpc) is 3.02. The van der Waals surface area contributed by atoms with Gasteiger partial charge in [0.25, 0.3) is 5.56 Å². The minimum Gasteiger partial charge on any atom is -0.369 e. The maximum Gasteiger partial charge on any atom is 0.261 e. The molecule has 3 aromatic rings. The number of hydrogen-bond donors (Lipinski definition) is 1. The Morgan fingerprint density at radius 2 is 1.81 bits per heavy atom. The molecule has 1 fully saturated rings. The van der Waals surface area contributed by atoms with Gasteiger partial charge in [0.15, 0.2) is 5.72 Å². The van der Waals surface area contributed by atoms with Gasteiger partial charge in [0.1, 0.15) is 5.78 Å². The number of carbonyl (C=O) groups excluding carboxylic acids is 1. The van der Waals surface area contributed by atoms with Gasteiger partial charge in [0, 0.05) is 39.5 Å².